The molecule has 0 amide bonds. The zero-order valence-electron chi connectivity index (χ0n) is 8.14. The van der Waals surface area contributed by atoms with Gasteiger partial charge in [0.1, 0.15) is 11.9 Å². The number of anilines is 1. The van der Waals surface area contributed by atoms with E-state index in [1.807, 2.05) is 0 Å². The van der Waals surface area contributed by atoms with Gasteiger partial charge >= 0.3 is 0 Å². The predicted molar refractivity (Wildman–Crippen MR) is 55.6 cm³/mol. The van der Waals surface area contributed by atoms with Crippen molar-refractivity contribution in [2.24, 2.45) is 0 Å². The number of sulfonamides is 1. The standard InChI is InChI=1S/C9H9FN2O3S/c10-9-2-1-8(5-7(9)6-11)12-16(14,15)4-3-13/h1-2,5,12-13H,3-4H2. The highest BCUT2D eigenvalue weighted by atomic mass is 32.2. The van der Waals surface area contributed by atoms with Crippen LogP contribution in [0.1, 0.15) is 5.56 Å². The molecule has 0 radical (unpaired) electrons. The first-order valence-corrected chi connectivity index (χ1v) is 5.95. The van der Waals surface area contributed by atoms with E-state index >= 15 is 0 Å². The first-order chi connectivity index (χ1) is 7.48. The van der Waals surface area contributed by atoms with Gasteiger partial charge in [-0.25, -0.2) is 12.8 Å². The molecule has 86 valence electrons. The Balaban J connectivity index is 2.96. The molecule has 2 N–H and O–H groups in total. The molecule has 0 unspecified atom stereocenters. The molecule has 5 nitrogen and oxygen atoms in total. The zero-order valence-corrected chi connectivity index (χ0v) is 8.96. The van der Waals surface area contributed by atoms with Crippen LogP contribution >= 0.6 is 0 Å². The normalized spacial score (nSPS) is 10.8. The molecule has 0 saturated heterocycles. The van der Waals surface area contributed by atoms with Crippen molar-refractivity contribution in [3.63, 3.8) is 0 Å². The van der Waals surface area contributed by atoms with Crippen LogP contribution in [0.5, 0.6) is 0 Å². The second kappa shape index (κ2) is 4.92. The Hall–Kier alpha value is -1.65. The minimum absolute atomic E-state index is 0.0893. The molecule has 0 aliphatic heterocycles. The summed E-state index contributed by atoms with van der Waals surface area (Å²) in [5.74, 6) is -1.17. The number of hydrogen-bond acceptors (Lipinski definition) is 4. The van der Waals surface area contributed by atoms with E-state index in [1.54, 1.807) is 6.07 Å². The van der Waals surface area contributed by atoms with Crippen LogP contribution in [0.15, 0.2) is 18.2 Å². The maximum atomic E-state index is 12.9. The summed E-state index contributed by atoms with van der Waals surface area (Å²) in [7, 11) is -3.65. The highest BCUT2D eigenvalue weighted by molar-refractivity contribution is 7.92. The summed E-state index contributed by atoms with van der Waals surface area (Å²) in [5, 5.41) is 17.0. The number of benzene rings is 1. The summed E-state index contributed by atoms with van der Waals surface area (Å²) in [5.41, 5.74) is -0.157. The van der Waals surface area contributed by atoms with Gasteiger partial charge in [0.05, 0.1) is 17.9 Å². The number of hydrogen-bond donors (Lipinski definition) is 2. The molecule has 0 saturated carbocycles. The van der Waals surface area contributed by atoms with Gasteiger partial charge in [0.25, 0.3) is 0 Å². The lowest BCUT2D eigenvalue weighted by Gasteiger charge is -2.06. The van der Waals surface area contributed by atoms with E-state index in [2.05, 4.69) is 4.72 Å². The Bertz CT molecular complexity index is 522. The fourth-order valence-corrected chi connectivity index (χ4v) is 1.85. The summed E-state index contributed by atoms with van der Waals surface area (Å²) in [6.45, 7) is -0.512. The fourth-order valence-electron chi connectivity index (χ4n) is 1.03. The average molecular weight is 244 g/mol. The Kier molecular flexibility index (Phi) is 3.82. The number of nitrogens with zero attached hydrogens (tertiary/aromatic N) is 1. The number of nitriles is 1. The second-order valence-corrected chi connectivity index (χ2v) is 4.79. The molecule has 1 rings (SSSR count). The van der Waals surface area contributed by atoms with Crippen molar-refractivity contribution in [3.05, 3.63) is 29.6 Å². The summed E-state index contributed by atoms with van der Waals surface area (Å²) < 4.78 is 37.5. The quantitative estimate of drug-likeness (QED) is 0.803. The molecule has 7 heteroatoms. The van der Waals surface area contributed by atoms with Crippen LogP contribution in [0.3, 0.4) is 0 Å². The molecular formula is C9H9FN2O3S. The Labute approximate surface area is 92.2 Å². The first-order valence-electron chi connectivity index (χ1n) is 4.29. The van der Waals surface area contributed by atoms with Crippen molar-refractivity contribution in [3.8, 4) is 6.07 Å². The Morgan fingerprint density at radius 3 is 2.75 bits per heavy atom. The summed E-state index contributed by atoms with van der Waals surface area (Å²) in [6.07, 6.45) is 0. The van der Waals surface area contributed by atoms with Crippen LogP contribution in [0.4, 0.5) is 10.1 Å². The molecule has 1 aromatic rings. The minimum Gasteiger partial charge on any atom is -0.395 e. The van der Waals surface area contributed by atoms with Gasteiger partial charge < -0.3 is 5.11 Å². The van der Waals surface area contributed by atoms with Gasteiger partial charge in [0, 0.05) is 5.69 Å². The van der Waals surface area contributed by atoms with Crippen LogP contribution in [0, 0.1) is 17.1 Å². The van der Waals surface area contributed by atoms with Crippen LogP contribution < -0.4 is 4.72 Å². The van der Waals surface area contributed by atoms with Crippen molar-refractivity contribution in [2.45, 2.75) is 0 Å². The summed E-state index contributed by atoms with van der Waals surface area (Å²) in [4.78, 5) is 0. The molecule has 16 heavy (non-hydrogen) atoms. The smallest absolute Gasteiger partial charge is 0.234 e. The molecule has 0 heterocycles. The largest absolute Gasteiger partial charge is 0.395 e. The van der Waals surface area contributed by atoms with Gasteiger partial charge in [-0.05, 0) is 18.2 Å². The van der Waals surface area contributed by atoms with Gasteiger partial charge in [-0.2, -0.15) is 5.26 Å². The SMILES string of the molecule is N#Cc1cc(NS(=O)(=O)CCO)ccc1F. The Morgan fingerprint density at radius 2 is 2.19 bits per heavy atom. The number of aliphatic hydroxyl groups excluding tert-OH is 1. The predicted octanol–water partition coefficient (Wildman–Crippen LogP) is 0.431. The molecule has 0 aliphatic carbocycles. The molecule has 0 fully saturated rings. The third kappa shape index (κ3) is 3.18. The molecule has 0 aromatic heterocycles. The number of rotatable bonds is 4. The first kappa shape index (κ1) is 12.4. The van der Waals surface area contributed by atoms with Crippen molar-refractivity contribution < 1.29 is 17.9 Å². The average Bonchev–Trinajstić information content (AvgIpc) is 2.20. The van der Waals surface area contributed by atoms with E-state index in [9.17, 15) is 12.8 Å². The molecule has 0 spiro atoms. The van der Waals surface area contributed by atoms with Crippen LogP contribution in [0.25, 0.3) is 0 Å². The van der Waals surface area contributed by atoms with E-state index in [-0.39, 0.29) is 11.3 Å². The van der Waals surface area contributed by atoms with Gasteiger partial charge in [0.2, 0.25) is 10.0 Å². The van der Waals surface area contributed by atoms with Gasteiger partial charge in [-0.15, -0.1) is 0 Å². The lowest BCUT2D eigenvalue weighted by molar-refractivity contribution is 0.320. The Morgan fingerprint density at radius 1 is 1.50 bits per heavy atom. The summed E-state index contributed by atoms with van der Waals surface area (Å²) in [6, 6.07) is 4.88. The number of aliphatic hydroxyl groups is 1. The molecule has 0 bridgehead atoms. The van der Waals surface area contributed by atoms with E-state index in [0.29, 0.717) is 0 Å². The second-order valence-electron chi connectivity index (χ2n) is 2.95. The molecule has 0 aliphatic rings. The minimum atomic E-state index is -3.65. The maximum Gasteiger partial charge on any atom is 0.234 e. The monoisotopic (exact) mass is 244 g/mol. The van der Waals surface area contributed by atoms with Gasteiger partial charge in [-0.3, -0.25) is 4.72 Å². The lowest BCUT2D eigenvalue weighted by Crippen LogP contribution is -2.18. The van der Waals surface area contributed by atoms with Crippen LogP contribution in [-0.2, 0) is 10.0 Å². The lowest BCUT2D eigenvalue weighted by atomic mass is 10.2. The van der Waals surface area contributed by atoms with Crippen molar-refractivity contribution in [1.82, 2.24) is 0 Å². The third-order valence-electron chi connectivity index (χ3n) is 1.72. The molecule has 1 aromatic carbocycles. The van der Waals surface area contributed by atoms with E-state index in [4.69, 9.17) is 10.4 Å². The maximum absolute atomic E-state index is 12.9. The molecular weight excluding hydrogens is 235 g/mol. The fraction of sp³-hybridized carbons (Fsp3) is 0.222. The third-order valence-corrected chi connectivity index (χ3v) is 2.99. The topological polar surface area (TPSA) is 90.2 Å². The van der Waals surface area contributed by atoms with E-state index in [1.165, 1.54) is 6.07 Å². The van der Waals surface area contributed by atoms with E-state index in [0.717, 1.165) is 12.1 Å². The van der Waals surface area contributed by atoms with Gasteiger partial charge in [0.15, 0.2) is 0 Å². The van der Waals surface area contributed by atoms with Gasteiger partial charge in [-0.1, -0.05) is 0 Å². The van der Waals surface area contributed by atoms with Crippen molar-refractivity contribution in [2.75, 3.05) is 17.1 Å². The van der Waals surface area contributed by atoms with E-state index < -0.39 is 28.2 Å². The number of nitrogens with one attached hydrogen (secondary N) is 1. The molecule has 0 atom stereocenters. The summed E-state index contributed by atoms with van der Waals surface area (Å²) >= 11 is 0. The number of halogens is 1. The highest BCUT2D eigenvalue weighted by Crippen LogP contribution is 2.15. The van der Waals surface area contributed by atoms with Crippen molar-refractivity contribution >= 4 is 15.7 Å². The van der Waals surface area contributed by atoms with Crippen molar-refractivity contribution in [1.29, 1.82) is 5.26 Å². The zero-order chi connectivity index (χ0) is 12.2. The highest BCUT2D eigenvalue weighted by Gasteiger charge is 2.10. The van der Waals surface area contributed by atoms with Crippen LogP contribution in [-0.4, -0.2) is 25.9 Å². The van der Waals surface area contributed by atoms with Crippen LogP contribution in [0.2, 0.25) is 0 Å².